The summed E-state index contributed by atoms with van der Waals surface area (Å²) in [6.45, 7) is 2.53. The van der Waals surface area contributed by atoms with Crippen molar-refractivity contribution in [3.8, 4) is 5.75 Å². The van der Waals surface area contributed by atoms with Crippen LogP contribution in [0.5, 0.6) is 5.75 Å². The number of hydrogen-bond acceptors (Lipinski definition) is 4. The van der Waals surface area contributed by atoms with Crippen LogP contribution < -0.4 is 15.0 Å². The minimum absolute atomic E-state index is 0.309. The first kappa shape index (κ1) is 17.6. The van der Waals surface area contributed by atoms with Crippen molar-refractivity contribution in [1.29, 1.82) is 0 Å². The SMILES string of the molecule is COc1ccc(Cl)cc1N1CCC(NCc2ccc(C(=O)O)cc2)C1. The molecule has 2 aromatic rings. The zero-order valence-electron chi connectivity index (χ0n) is 14.0. The molecule has 25 heavy (non-hydrogen) atoms. The van der Waals surface area contributed by atoms with Crippen molar-refractivity contribution in [3.63, 3.8) is 0 Å². The lowest BCUT2D eigenvalue weighted by molar-refractivity contribution is 0.0697. The van der Waals surface area contributed by atoms with E-state index in [-0.39, 0.29) is 0 Å². The molecule has 5 nitrogen and oxygen atoms in total. The van der Waals surface area contributed by atoms with E-state index in [0.29, 0.717) is 23.2 Å². The van der Waals surface area contributed by atoms with E-state index in [4.69, 9.17) is 21.4 Å². The van der Waals surface area contributed by atoms with Crippen LogP contribution in [0.3, 0.4) is 0 Å². The summed E-state index contributed by atoms with van der Waals surface area (Å²) in [5, 5.41) is 13.2. The van der Waals surface area contributed by atoms with Crippen molar-refractivity contribution in [2.45, 2.75) is 19.0 Å². The normalized spacial score (nSPS) is 16.9. The molecule has 1 aliphatic heterocycles. The zero-order chi connectivity index (χ0) is 17.8. The highest BCUT2D eigenvalue weighted by molar-refractivity contribution is 6.30. The van der Waals surface area contributed by atoms with Gasteiger partial charge in [0.2, 0.25) is 0 Å². The first-order valence-electron chi connectivity index (χ1n) is 8.21. The molecule has 0 radical (unpaired) electrons. The third-order valence-corrected chi connectivity index (χ3v) is 4.70. The first-order chi connectivity index (χ1) is 12.1. The molecule has 1 aliphatic rings. The Bertz CT molecular complexity index is 749. The number of hydrogen-bond donors (Lipinski definition) is 2. The molecule has 1 unspecified atom stereocenters. The molecule has 132 valence electrons. The lowest BCUT2D eigenvalue weighted by Crippen LogP contribution is -2.32. The molecule has 3 rings (SSSR count). The van der Waals surface area contributed by atoms with Crippen LogP contribution in [-0.4, -0.2) is 37.3 Å². The monoisotopic (exact) mass is 360 g/mol. The number of carbonyl (C=O) groups is 1. The largest absolute Gasteiger partial charge is 0.495 e. The minimum atomic E-state index is -0.901. The van der Waals surface area contributed by atoms with Crippen molar-refractivity contribution in [3.05, 3.63) is 58.6 Å². The number of methoxy groups -OCH3 is 1. The molecule has 2 N–H and O–H groups in total. The molecule has 2 aromatic carbocycles. The van der Waals surface area contributed by atoms with Gasteiger partial charge in [0.25, 0.3) is 0 Å². The van der Waals surface area contributed by atoms with Gasteiger partial charge in [0, 0.05) is 30.7 Å². The van der Waals surface area contributed by atoms with Gasteiger partial charge in [0.1, 0.15) is 5.75 Å². The van der Waals surface area contributed by atoms with Gasteiger partial charge >= 0.3 is 5.97 Å². The van der Waals surface area contributed by atoms with E-state index >= 15 is 0 Å². The van der Waals surface area contributed by atoms with Gasteiger partial charge in [-0.05, 0) is 42.3 Å². The van der Waals surface area contributed by atoms with E-state index < -0.39 is 5.97 Å². The van der Waals surface area contributed by atoms with Crippen LogP contribution in [0, 0.1) is 0 Å². The van der Waals surface area contributed by atoms with Gasteiger partial charge in [-0.3, -0.25) is 0 Å². The van der Waals surface area contributed by atoms with Gasteiger partial charge in [0.15, 0.2) is 0 Å². The Morgan fingerprint density at radius 1 is 1.32 bits per heavy atom. The highest BCUT2D eigenvalue weighted by Crippen LogP contribution is 2.33. The van der Waals surface area contributed by atoms with Crippen LogP contribution >= 0.6 is 11.6 Å². The minimum Gasteiger partial charge on any atom is -0.495 e. The maximum atomic E-state index is 10.9. The molecular weight excluding hydrogens is 340 g/mol. The van der Waals surface area contributed by atoms with Crippen LogP contribution in [0.4, 0.5) is 5.69 Å². The molecule has 0 bridgehead atoms. The lowest BCUT2D eigenvalue weighted by atomic mass is 10.1. The fourth-order valence-corrected chi connectivity index (χ4v) is 3.25. The number of nitrogens with zero attached hydrogens (tertiary/aromatic N) is 1. The van der Waals surface area contributed by atoms with E-state index in [9.17, 15) is 4.79 Å². The summed E-state index contributed by atoms with van der Waals surface area (Å²) in [5.74, 6) is -0.0734. The number of anilines is 1. The molecule has 0 aliphatic carbocycles. The summed E-state index contributed by atoms with van der Waals surface area (Å²) in [5.41, 5.74) is 2.40. The molecular formula is C19H21ClN2O3. The number of ether oxygens (including phenoxy) is 1. The van der Waals surface area contributed by atoms with Gasteiger partial charge < -0.3 is 20.1 Å². The van der Waals surface area contributed by atoms with E-state index in [2.05, 4.69) is 10.2 Å². The van der Waals surface area contributed by atoms with Crippen molar-refractivity contribution in [1.82, 2.24) is 5.32 Å². The second-order valence-electron chi connectivity index (χ2n) is 6.13. The predicted octanol–water partition coefficient (Wildman–Crippen LogP) is 3.42. The van der Waals surface area contributed by atoms with E-state index in [1.54, 1.807) is 19.2 Å². The third kappa shape index (κ3) is 4.24. The molecule has 1 fully saturated rings. The number of benzene rings is 2. The molecule has 0 amide bonds. The standard InChI is InChI=1S/C19H21ClN2O3/c1-25-18-7-6-15(20)10-17(18)22-9-8-16(12-22)21-11-13-2-4-14(5-3-13)19(23)24/h2-7,10,16,21H,8-9,11-12H2,1H3,(H,23,24). The van der Waals surface area contributed by atoms with Crippen molar-refractivity contribution in [2.24, 2.45) is 0 Å². The summed E-state index contributed by atoms with van der Waals surface area (Å²) in [7, 11) is 1.67. The number of carboxylic acid groups (broad SMARTS) is 1. The summed E-state index contributed by atoms with van der Waals surface area (Å²) in [4.78, 5) is 13.2. The number of aromatic carboxylic acids is 1. The van der Waals surface area contributed by atoms with E-state index in [1.807, 2.05) is 30.3 Å². The van der Waals surface area contributed by atoms with Crippen molar-refractivity contribution < 1.29 is 14.6 Å². The van der Waals surface area contributed by atoms with Gasteiger partial charge in [-0.25, -0.2) is 4.79 Å². The quantitative estimate of drug-likeness (QED) is 0.826. The molecule has 0 saturated carbocycles. The fraction of sp³-hybridized carbons (Fsp3) is 0.316. The highest BCUT2D eigenvalue weighted by atomic mass is 35.5. The molecule has 1 saturated heterocycles. The molecule has 0 spiro atoms. The summed E-state index contributed by atoms with van der Waals surface area (Å²) < 4.78 is 5.44. The molecule has 0 aromatic heterocycles. The zero-order valence-corrected chi connectivity index (χ0v) is 14.8. The molecule has 1 atom stereocenters. The average molecular weight is 361 g/mol. The number of nitrogens with one attached hydrogen (secondary N) is 1. The third-order valence-electron chi connectivity index (χ3n) is 4.47. The van der Waals surface area contributed by atoms with Crippen molar-refractivity contribution in [2.75, 3.05) is 25.1 Å². The Morgan fingerprint density at radius 2 is 2.08 bits per heavy atom. The smallest absolute Gasteiger partial charge is 0.335 e. The average Bonchev–Trinajstić information content (AvgIpc) is 3.09. The Morgan fingerprint density at radius 3 is 2.76 bits per heavy atom. The van der Waals surface area contributed by atoms with Crippen LogP contribution in [0.15, 0.2) is 42.5 Å². The number of carboxylic acids is 1. The van der Waals surface area contributed by atoms with Crippen molar-refractivity contribution >= 4 is 23.3 Å². The second kappa shape index (κ2) is 7.76. The van der Waals surface area contributed by atoms with E-state index in [1.165, 1.54) is 0 Å². The second-order valence-corrected chi connectivity index (χ2v) is 6.57. The maximum Gasteiger partial charge on any atom is 0.335 e. The number of rotatable bonds is 6. The Kier molecular flexibility index (Phi) is 5.46. The Balaban J connectivity index is 1.58. The molecule has 1 heterocycles. The van der Waals surface area contributed by atoms with Crippen LogP contribution in [0.25, 0.3) is 0 Å². The fourth-order valence-electron chi connectivity index (χ4n) is 3.08. The number of halogens is 1. The molecule has 6 heteroatoms. The summed E-state index contributed by atoms with van der Waals surface area (Å²) in [6, 6.07) is 13.0. The Hall–Kier alpha value is -2.24. The van der Waals surface area contributed by atoms with Gasteiger partial charge in [-0.2, -0.15) is 0 Å². The topological polar surface area (TPSA) is 61.8 Å². The predicted molar refractivity (Wildman–Crippen MR) is 98.9 cm³/mol. The maximum absolute atomic E-state index is 10.9. The van der Waals surface area contributed by atoms with E-state index in [0.717, 1.165) is 36.5 Å². The Labute approximate surface area is 152 Å². The van der Waals surface area contributed by atoms with Crippen LogP contribution in [0.1, 0.15) is 22.3 Å². The first-order valence-corrected chi connectivity index (χ1v) is 8.58. The highest BCUT2D eigenvalue weighted by Gasteiger charge is 2.24. The summed E-state index contributed by atoms with van der Waals surface area (Å²) >= 11 is 6.13. The lowest BCUT2D eigenvalue weighted by Gasteiger charge is -2.22. The van der Waals surface area contributed by atoms with Gasteiger partial charge in [0.05, 0.1) is 18.4 Å². The van der Waals surface area contributed by atoms with Crippen LogP contribution in [-0.2, 0) is 6.54 Å². The summed E-state index contributed by atoms with van der Waals surface area (Å²) in [6.07, 6.45) is 1.03. The van der Waals surface area contributed by atoms with Crippen LogP contribution in [0.2, 0.25) is 5.02 Å². The van der Waals surface area contributed by atoms with Gasteiger partial charge in [-0.15, -0.1) is 0 Å². The van der Waals surface area contributed by atoms with Gasteiger partial charge in [-0.1, -0.05) is 23.7 Å².